The van der Waals surface area contributed by atoms with E-state index in [1.54, 1.807) is 25.1 Å². The Morgan fingerprint density at radius 1 is 1.28 bits per heavy atom. The van der Waals surface area contributed by atoms with Gasteiger partial charge in [-0.2, -0.15) is 0 Å². The Bertz CT molecular complexity index is 874. The molecule has 0 radical (unpaired) electrons. The number of carbonyl (C=O) groups excluding carboxylic acids is 1. The highest BCUT2D eigenvalue weighted by Gasteiger charge is 2.49. The number of benzene rings is 1. The van der Waals surface area contributed by atoms with E-state index in [1.165, 1.54) is 0 Å². The second-order valence-electron chi connectivity index (χ2n) is 8.41. The first kappa shape index (κ1) is 20.0. The van der Waals surface area contributed by atoms with Crippen LogP contribution in [0.25, 0.3) is 0 Å². The quantitative estimate of drug-likeness (QED) is 0.863. The third-order valence-electron chi connectivity index (χ3n) is 6.60. The summed E-state index contributed by atoms with van der Waals surface area (Å²) in [7, 11) is 2.14. The summed E-state index contributed by atoms with van der Waals surface area (Å²) in [4.78, 5) is 22.2. The number of aryl methyl sites for hydroxylation is 1. The fourth-order valence-corrected chi connectivity index (χ4v) is 4.95. The number of amides is 1. The molecule has 1 amide bonds. The minimum atomic E-state index is -0.425. The molecule has 2 fully saturated rings. The minimum absolute atomic E-state index is 0.00597. The van der Waals surface area contributed by atoms with E-state index in [2.05, 4.69) is 33.2 Å². The third kappa shape index (κ3) is 3.91. The molecule has 6 heteroatoms. The Morgan fingerprint density at radius 3 is 2.93 bits per heavy atom. The van der Waals surface area contributed by atoms with E-state index in [9.17, 15) is 9.18 Å². The normalized spacial score (nSPS) is 25.4. The molecule has 0 bridgehead atoms. The van der Waals surface area contributed by atoms with E-state index in [-0.39, 0.29) is 23.1 Å². The second kappa shape index (κ2) is 8.20. The second-order valence-corrected chi connectivity index (χ2v) is 8.41. The van der Waals surface area contributed by atoms with Gasteiger partial charge in [0, 0.05) is 31.9 Å². The summed E-state index contributed by atoms with van der Waals surface area (Å²) in [6.45, 7) is 5.33. The van der Waals surface area contributed by atoms with Gasteiger partial charge in [-0.25, -0.2) is 4.39 Å². The van der Waals surface area contributed by atoms with Crippen LogP contribution in [0.3, 0.4) is 0 Å². The van der Waals surface area contributed by atoms with Gasteiger partial charge in [0.05, 0.1) is 16.8 Å². The van der Waals surface area contributed by atoms with Crippen LogP contribution >= 0.6 is 0 Å². The van der Waals surface area contributed by atoms with Crippen molar-refractivity contribution >= 4 is 5.91 Å². The summed E-state index contributed by atoms with van der Waals surface area (Å²) in [5.41, 5.74) is 1.57. The topological polar surface area (TPSA) is 48.5 Å². The molecular weight excluding hydrogens is 367 g/mol. The average Bonchev–Trinajstić information content (AvgIpc) is 3.00. The van der Waals surface area contributed by atoms with Crippen LogP contribution in [-0.2, 0) is 6.54 Å². The third-order valence-corrected chi connectivity index (χ3v) is 6.60. The lowest BCUT2D eigenvalue weighted by atomic mass is 9.82. The number of halogens is 1. The van der Waals surface area contributed by atoms with Crippen LogP contribution in [0.1, 0.15) is 40.9 Å². The van der Waals surface area contributed by atoms with Crippen LogP contribution in [0.15, 0.2) is 42.6 Å². The molecule has 2 aliphatic rings. The molecule has 2 aromatic rings. The fourth-order valence-electron chi connectivity index (χ4n) is 4.95. The molecule has 1 N–H and O–H groups in total. The summed E-state index contributed by atoms with van der Waals surface area (Å²) in [6.07, 6.45) is 4.81. The molecule has 2 aliphatic heterocycles. The van der Waals surface area contributed by atoms with E-state index < -0.39 is 5.82 Å². The van der Waals surface area contributed by atoms with Crippen molar-refractivity contribution < 1.29 is 9.18 Å². The van der Waals surface area contributed by atoms with Crippen molar-refractivity contribution in [2.45, 2.75) is 44.3 Å². The van der Waals surface area contributed by atoms with E-state index >= 15 is 0 Å². The lowest BCUT2D eigenvalue weighted by molar-refractivity contribution is 0.0348. The van der Waals surface area contributed by atoms with Gasteiger partial charge in [0.2, 0.25) is 0 Å². The summed E-state index contributed by atoms with van der Waals surface area (Å²) in [6, 6.07) is 11.0. The highest BCUT2D eigenvalue weighted by molar-refractivity contribution is 5.95. The van der Waals surface area contributed by atoms with Crippen LogP contribution in [-0.4, -0.2) is 59.0 Å². The lowest BCUT2D eigenvalue weighted by Crippen LogP contribution is -2.63. The molecule has 1 spiro atoms. The number of piperidine rings is 1. The van der Waals surface area contributed by atoms with Crippen molar-refractivity contribution in [2.24, 2.45) is 0 Å². The lowest BCUT2D eigenvalue weighted by Gasteiger charge is -2.48. The predicted molar refractivity (Wildman–Crippen MR) is 111 cm³/mol. The van der Waals surface area contributed by atoms with Crippen LogP contribution in [0, 0.1) is 12.7 Å². The molecule has 5 nitrogen and oxygen atoms in total. The van der Waals surface area contributed by atoms with Crippen molar-refractivity contribution in [2.75, 3.05) is 26.7 Å². The van der Waals surface area contributed by atoms with E-state index in [4.69, 9.17) is 0 Å². The van der Waals surface area contributed by atoms with Crippen LogP contribution in [0.5, 0.6) is 0 Å². The number of pyridine rings is 1. The van der Waals surface area contributed by atoms with E-state index in [1.807, 2.05) is 18.3 Å². The first-order chi connectivity index (χ1) is 14.0. The zero-order valence-electron chi connectivity index (χ0n) is 17.2. The maximum Gasteiger partial charge on any atom is 0.254 e. The van der Waals surface area contributed by atoms with E-state index in [0.717, 1.165) is 51.1 Å². The number of nitrogens with zero attached hydrogens (tertiary/aromatic N) is 3. The van der Waals surface area contributed by atoms with Crippen molar-refractivity contribution in [3.63, 3.8) is 0 Å². The molecule has 1 aromatic carbocycles. The molecule has 2 unspecified atom stereocenters. The Balaban J connectivity index is 1.51. The van der Waals surface area contributed by atoms with Gasteiger partial charge in [-0.1, -0.05) is 18.2 Å². The number of likely N-dealkylation sites (tertiary alicyclic amines) is 2. The molecule has 1 aromatic heterocycles. The van der Waals surface area contributed by atoms with Crippen molar-refractivity contribution in [3.05, 3.63) is 65.2 Å². The molecular formula is C23H29FN4O. The molecule has 154 valence electrons. The zero-order valence-corrected chi connectivity index (χ0v) is 17.2. The van der Waals surface area contributed by atoms with Crippen LogP contribution < -0.4 is 5.32 Å². The standard InChI is InChI=1S/C23H29FN4O/c1-17-7-5-9-19(21(17)24)22(29)26-20-10-14-27(2)23(20)11-6-13-28(16-23)15-18-8-3-4-12-25-18/h3-5,7-9,12,20H,6,10-11,13-16H2,1-2H3,(H,26,29). The van der Waals surface area contributed by atoms with Crippen molar-refractivity contribution in [1.29, 1.82) is 0 Å². The first-order valence-corrected chi connectivity index (χ1v) is 10.4. The molecule has 0 saturated carbocycles. The van der Waals surface area contributed by atoms with Gasteiger partial charge in [-0.3, -0.25) is 19.6 Å². The number of carbonyl (C=O) groups is 1. The average molecular weight is 397 g/mol. The molecule has 3 heterocycles. The highest BCUT2D eigenvalue weighted by Crippen LogP contribution is 2.37. The zero-order chi connectivity index (χ0) is 20.4. The van der Waals surface area contributed by atoms with Gasteiger partial charge >= 0.3 is 0 Å². The maximum absolute atomic E-state index is 14.5. The maximum atomic E-state index is 14.5. The molecule has 2 saturated heterocycles. The number of hydrogen-bond acceptors (Lipinski definition) is 4. The number of nitrogens with one attached hydrogen (secondary N) is 1. The molecule has 0 aliphatic carbocycles. The van der Waals surface area contributed by atoms with Gasteiger partial charge in [0.25, 0.3) is 5.91 Å². The summed E-state index contributed by atoms with van der Waals surface area (Å²) >= 11 is 0. The predicted octanol–water partition coefficient (Wildman–Crippen LogP) is 3.00. The van der Waals surface area contributed by atoms with Gasteiger partial charge < -0.3 is 5.32 Å². The largest absolute Gasteiger partial charge is 0.347 e. The smallest absolute Gasteiger partial charge is 0.254 e. The van der Waals surface area contributed by atoms with Gasteiger partial charge in [-0.15, -0.1) is 0 Å². The number of rotatable bonds is 4. The first-order valence-electron chi connectivity index (χ1n) is 10.4. The Kier molecular flexibility index (Phi) is 5.65. The van der Waals surface area contributed by atoms with E-state index in [0.29, 0.717) is 5.56 Å². The molecule has 29 heavy (non-hydrogen) atoms. The highest BCUT2D eigenvalue weighted by atomic mass is 19.1. The fraction of sp³-hybridized carbons (Fsp3) is 0.478. The monoisotopic (exact) mass is 396 g/mol. The Hall–Kier alpha value is -2.31. The SMILES string of the molecule is Cc1cccc(C(=O)NC2CCN(C)C23CCCN(Cc2ccccn2)C3)c1F. The molecule has 4 rings (SSSR count). The van der Waals surface area contributed by atoms with Gasteiger partial charge in [0.1, 0.15) is 5.82 Å². The minimum Gasteiger partial charge on any atom is -0.347 e. The Labute approximate surface area is 171 Å². The Morgan fingerprint density at radius 2 is 2.14 bits per heavy atom. The van der Waals surface area contributed by atoms with Gasteiger partial charge in [0.15, 0.2) is 0 Å². The number of hydrogen-bond donors (Lipinski definition) is 1. The van der Waals surface area contributed by atoms with Gasteiger partial charge in [-0.05, 0) is 63.5 Å². The number of aromatic nitrogens is 1. The number of likely N-dealkylation sites (N-methyl/N-ethyl adjacent to an activating group) is 1. The summed E-state index contributed by atoms with van der Waals surface area (Å²) in [5, 5.41) is 3.18. The van der Waals surface area contributed by atoms with Crippen LogP contribution in [0.4, 0.5) is 4.39 Å². The van der Waals surface area contributed by atoms with Crippen molar-refractivity contribution in [1.82, 2.24) is 20.1 Å². The molecule has 2 atom stereocenters. The van der Waals surface area contributed by atoms with Crippen molar-refractivity contribution in [3.8, 4) is 0 Å². The summed E-state index contributed by atoms with van der Waals surface area (Å²) < 4.78 is 14.5. The summed E-state index contributed by atoms with van der Waals surface area (Å²) in [5.74, 6) is -0.737. The van der Waals surface area contributed by atoms with Crippen LogP contribution in [0.2, 0.25) is 0 Å².